The lowest BCUT2D eigenvalue weighted by atomic mass is 9.83. The molecule has 14 heteroatoms. The quantitative estimate of drug-likeness (QED) is 0.0620. The molecule has 1 aliphatic heterocycles. The van der Waals surface area contributed by atoms with Crippen molar-refractivity contribution in [3.8, 4) is 5.75 Å². The molecule has 1 fully saturated rings. The van der Waals surface area contributed by atoms with Crippen LogP contribution in [0.25, 0.3) is 0 Å². The lowest BCUT2D eigenvalue weighted by Crippen LogP contribution is -2.57. The molecule has 0 spiro atoms. The van der Waals surface area contributed by atoms with Crippen LogP contribution in [0.1, 0.15) is 104 Å². The highest BCUT2D eigenvalue weighted by atomic mass is 16.5. The van der Waals surface area contributed by atoms with E-state index in [0.29, 0.717) is 35.5 Å². The van der Waals surface area contributed by atoms with Crippen LogP contribution >= 0.6 is 0 Å². The molecule has 2 aliphatic rings. The molecular formula is C48H60N6O8. The van der Waals surface area contributed by atoms with Crippen molar-refractivity contribution in [1.82, 2.24) is 31.2 Å². The smallest absolute Gasteiger partial charge is 0.338 e. The van der Waals surface area contributed by atoms with Gasteiger partial charge >= 0.3 is 5.97 Å². The largest absolute Gasteiger partial charge is 0.493 e. The fourth-order valence-corrected chi connectivity index (χ4v) is 8.12. The molecule has 14 nitrogen and oxygen atoms in total. The second-order valence-electron chi connectivity index (χ2n) is 17.0. The van der Waals surface area contributed by atoms with Crippen LogP contribution in [0.4, 0.5) is 0 Å². The zero-order valence-electron chi connectivity index (χ0n) is 35.6. The monoisotopic (exact) mass is 848 g/mol. The number of carbonyl (C=O) groups excluding carboxylic acids is 5. The fraction of sp³-hybridized carbons (Fsp3) is 0.458. The fourth-order valence-electron chi connectivity index (χ4n) is 8.12. The molecule has 2 heterocycles. The number of carbonyl (C=O) groups is 5. The number of aliphatic hydroxyl groups is 1. The van der Waals surface area contributed by atoms with E-state index in [0.717, 1.165) is 43.2 Å². The maximum atomic E-state index is 14.3. The van der Waals surface area contributed by atoms with E-state index < -0.39 is 53.8 Å². The minimum Gasteiger partial charge on any atom is -0.493 e. The molecule has 1 aliphatic carbocycles. The lowest BCUT2D eigenvalue weighted by Gasteiger charge is -2.31. The Kier molecular flexibility index (Phi) is 16.7. The number of aromatic amines is 1. The molecule has 1 unspecified atom stereocenters. The maximum absolute atomic E-state index is 14.3. The minimum atomic E-state index is -1.15. The number of imidazole rings is 1. The van der Waals surface area contributed by atoms with Crippen LogP contribution in [0, 0.1) is 11.8 Å². The van der Waals surface area contributed by atoms with Gasteiger partial charge in [-0.2, -0.15) is 0 Å². The summed E-state index contributed by atoms with van der Waals surface area (Å²) in [5, 5.41) is 23.1. The first-order chi connectivity index (χ1) is 30.0. The van der Waals surface area contributed by atoms with Crippen LogP contribution in [0.5, 0.6) is 5.75 Å². The Hall–Kier alpha value is -6.02. The summed E-state index contributed by atoms with van der Waals surface area (Å²) in [6.45, 7) is 4.77. The number of hydrogen-bond donors (Lipinski definition) is 6. The summed E-state index contributed by atoms with van der Waals surface area (Å²) in [5.41, 5.74) is 3.27. The van der Waals surface area contributed by atoms with Crippen molar-refractivity contribution in [2.75, 3.05) is 13.2 Å². The lowest BCUT2D eigenvalue weighted by molar-refractivity contribution is -0.133. The van der Waals surface area contributed by atoms with E-state index in [4.69, 9.17) is 9.47 Å². The normalized spacial score (nSPS) is 16.8. The van der Waals surface area contributed by atoms with Gasteiger partial charge in [-0.05, 0) is 47.6 Å². The zero-order chi connectivity index (χ0) is 43.8. The second kappa shape index (κ2) is 22.7. The summed E-state index contributed by atoms with van der Waals surface area (Å²) in [6, 6.07) is 20.7. The van der Waals surface area contributed by atoms with E-state index in [1.54, 1.807) is 24.4 Å². The Labute approximate surface area is 363 Å². The molecule has 330 valence electrons. The number of esters is 1. The van der Waals surface area contributed by atoms with Gasteiger partial charge in [0.2, 0.25) is 23.6 Å². The molecule has 0 radical (unpaired) electrons. The predicted molar refractivity (Wildman–Crippen MR) is 233 cm³/mol. The molecule has 5 atom stereocenters. The predicted octanol–water partition coefficient (Wildman–Crippen LogP) is 5.07. The minimum absolute atomic E-state index is 0.0301. The Morgan fingerprint density at radius 1 is 0.839 bits per heavy atom. The Morgan fingerprint density at radius 3 is 2.23 bits per heavy atom. The van der Waals surface area contributed by atoms with Gasteiger partial charge < -0.3 is 40.8 Å². The average Bonchev–Trinajstić information content (AvgIpc) is 3.94. The molecular weight excluding hydrogens is 789 g/mol. The average molecular weight is 849 g/mol. The van der Waals surface area contributed by atoms with Gasteiger partial charge in [-0.25, -0.2) is 9.78 Å². The first-order valence-corrected chi connectivity index (χ1v) is 21.8. The maximum Gasteiger partial charge on any atom is 0.338 e. The standard InChI is InChI=1S/C48H60N6O8/c1-31(2)26-50-44(56)25-42(55)39(20-32-12-6-3-7-13-32)53-47(59)41(24-37-27-49-30-51-37)54-46(58)40(21-33-14-8-4-9-15-33)52-45(57)23-36-29-61-43-19-18-35(22-38(36)43)48(60)62-28-34-16-10-5-11-17-34/h4-5,8-11,14-19,22,27,30-32,36,39-42,55H,3,6-7,12-13,20-21,23-26,28-29H2,1-2H3,(H,49,51)(H,50,56)(H,52,57)(H,53,59)(H,54,58)/t36?,39-,40-,41-,42-/m0/s1. The number of aromatic nitrogens is 2. The number of benzene rings is 3. The summed E-state index contributed by atoms with van der Waals surface area (Å²) in [7, 11) is 0. The van der Waals surface area contributed by atoms with Crippen LogP contribution < -0.4 is 26.0 Å². The van der Waals surface area contributed by atoms with E-state index in [2.05, 4.69) is 31.2 Å². The van der Waals surface area contributed by atoms with E-state index in [9.17, 15) is 29.1 Å². The van der Waals surface area contributed by atoms with E-state index >= 15 is 0 Å². The summed E-state index contributed by atoms with van der Waals surface area (Å²) in [6.07, 6.45) is 7.58. The van der Waals surface area contributed by atoms with E-state index in [-0.39, 0.29) is 56.6 Å². The molecule has 3 aromatic carbocycles. The first kappa shape index (κ1) is 45.5. The number of amides is 4. The van der Waals surface area contributed by atoms with Crippen molar-refractivity contribution in [3.05, 3.63) is 119 Å². The molecule has 6 N–H and O–H groups in total. The summed E-state index contributed by atoms with van der Waals surface area (Å²) < 4.78 is 11.4. The van der Waals surface area contributed by atoms with Crippen molar-refractivity contribution in [2.45, 2.75) is 115 Å². The van der Waals surface area contributed by atoms with Crippen LogP contribution in [-0.2, 0) is 43.4 Å². The van der Waals surface area contributed by atoms with Crippen LogP contribution in [0.3, 0.4) is 0 Å². The summed E-state index contributed by atoms with van der Waals surface area (Å²) >= 11 is 0. The van der Waals surface area contributed by atoms with E-state index in [1.807, 2.05) is 74.5 Å². The van der Waals surface area contributed by atoms with Crippen molar-refractivity contribution in [3.63, 3.8) is 0 Å². The number of ether oxygens (including phenoxy) is 2. The van der Waals surface area contributed by atoms with Crippen LogP contribution in [-0.4, -0.2) is 82.1 Å². The van der Waals surface area contributed by atoms with Crippen LogP contribution in [0.15, 0.2) is 91.4 Å². The second-order valence-corrected chi connectivity index (χ2v) is 17.0. The Bertz CT molecular complexity index is 2070. The number of hydrogen-bond acceptors (Lipinski definition) is 9. The Balaban J connectivity index is 1.16. The zero-order valence-corrected chi connectivity index (χ0v) is 35.6. The third-order valence-corrected chi connectivity index (χ3v) is 11.5. The highest BCUT2D eigenvalue weighted by Gasteiger charge is 2.34. The first-order valence-electron chi connectivity index (χ1n) is 21.8. The molecule has 0 saturated heterocycles. The van der Waals surface area contributed by atoms with Gasteiger partial charge in [0.15, 0.2) is 0 Å². The molecule has 4 aromatic rings. The van der Waals surface area contributed by atoms with Crippen molar-refractivity contribution in [1.29, 1.82) is 0 Å². The molecule has 6 rings (SSSR count). The van der Waals surface area contributed by atoms with Crippen LogP contribution in [0.2, 0.25) is 0 Å². The van der Waals surface area contributed by atoms with Gasteiger partial charge in [-0.3, -0.25) is 19.2 Å². The SMILES string of the molecule is CC(C)CNC(=O)C[C@H](O)[C@H](CC1CCCCC1)NC(=O)[C@H](Cc1cnc[nH]1)NC(=O)[C@H](Cc1ccccc1)NC(=O)CC1COc2ccc(C(=O)OCc3ccccc3)cc21. The molecule has 1 saturated carbocycles. The van der Waals surface area contributed by atoms with Gasteiger partial charge in [0.25, 0.3) is 0 Å². The molecule has 62 heavy (non-hydrogen) atoms. The third kappa shape index (κ3) is 13.7. The molecule has 4 amide bonds. The van der Waals surface area contributed by atoms with Gasteiger partial charge in [-0.1, -0.05) is 107 Å². The number of fused-ring (bicyclic) bond motifs is 1. The number of aliphatic hydroxyl groups excluding tert-OH is 1. The van der Waals surface area contributed by atoms with Crippen molar-refractivity contribution < 1.29 is 38.6 Å². The summed E-state index contributed by atoms with van der Waals surface area (Å²) in [5.74, 6) is -1.65. The highest BCUT2D eigenvalue weighted by Crippen LogP contribution is 2.37. The number of rotatable bonds is 21. The molecule has 0 bridgehead atoms. The topological polar surface area (TPSA) is 201 Å². The van der Waals surface area contributed by atoms with E-state index in [1.165, 1.54) is 6.33 Å². The third-order valence-electron chi connectivity index (χ3n) is 11.5. The molecule has 1 aromatic heterocycles. The number of H-pyrrole nitrogens is 1. The van der Waals surface area contributed by atoms with Gasteiger partial charge in [0.05, 0.1) is 37.1 Å². The number of nitrogens with one attached hydrogen (secondary N) is 5. The highest BCUT2D eigenvalue weighted by molar-refractivity contribution is 5.93. The van der Waals surface area contributed by atoms with Crippen molar-refractivity contribution in [2.24, 2.45) is 11.8 Å². The van der Waals surface area contributed by atoms with Gasteiger partial charge in [-0.15, -0.1) is 0 Å². The van der Waals surface area contributed by atoms with Crippen molar-refractivity contribution >= 4 is 29.6 Å². The van der Waals surface area contributed by atoms with Gasteiger partial charge in [0.1, 0.15) is 24.4 Å². The summed E-state index contributed by atoms with van der Waals surface area (Å²) in [4.78, 5) is 75.4. The number of nitrogens with zero attached hydrogens (tertiary/aromatic N) is 1. The Morgan fingerprint density at radius 2 is 1.53 bits per heavy atom. The van der Waals surface area contributed by atoms with Gasteiger partial charge in [0, 0.05) is 49.2 Å².